The van der Waals surface area contributed by atoms with Crippen LogP contribution in [0.4, 0.5) is 0 Å². The van der Waals surface area contributed by atoms with E-state index >= 15 is 0 Å². The molecule has 0 saturated carbocycles. The highest BCUT2D eigenvalue weighted by atomic mass is 16.6. The third-order valence-electron chi connectivity index (χ3n) is 12.7. The summed E-state index contributed by atoms with van der Waals surface area (Å²) in [6.45, 7) is 37.5. The van der Waals surface area contributed by atoms with Gasteiger partial charge in [-0.2, -0.15) is 0 Å². The van der Waals surface area contributed by atoms with Gasteiger partial charge in [-0.1, -0.05) is 85.5 Å². The van der Waals surface area contributed by atoms with Crippen LogP contribution in [0.2, 0.25) is 0 Å². The number of ether oxygens (including phenoxy) is 18. The first-order chi connectivity index (χ1) is 51.5. The molecule has 0 aliphatic carbocycles. The first-order valence-corrected chi connectivity index (χ1v) is 31.7. The van der Waals surface area contributed by atoms with Gasteiger partial charge in [0.1, 0.15) is 85.9 Å². The fourth-order valence-corrected chi connectivity index (χ4v) is 7.27. The van der Waals surface area contributed by atoms with Crippen LogP contribution in [-0.4, -0.2) is 243 Å². The van der Waals surface area contributed by atoms with Gasteiger partial charge in [-0.3, -0.25) is 0 Å². The molecular weight excluding hydrogens is 1440 g/mol. The third-order valence-corrected chi connectivity index (χ3v) is 12.7. The summed E-state index contributed by atoms with van der Waals surface area (Å²) in [5, 5.41) is 0. The van der Waals surface area contributed by atoms with Gasteiger partial charge in [-0.15, -0.1) is 0 Å². The molecule has 0 unspecified atom stereocenters. The Labute approximate surface area is 620 Å². The van der Waals surface area contributed by atoms with Crippen LogP contribution in [-0.2, 0) is 167 Å². The smallest absolute Gasteiger partial charge is 0.336 e. The van der Waals surface area contributed by atoms with E-state index in [-0.39, 0.29) is 119 Å². The Balaban J connectivity index is 0. The maximum Gasteiger partial charge on any atom is 0.336 e. The van der Waals surface area contributed by atoms with Crippen LogP contribution < -0.4 is 17.1 Å². The van der Waals surface area contributed by atoms with Gasteiger partial charge in [0.2, 0.25) is 0 Å². The molecule has 1 aromatic rings. The van der Waals surface area contributed by atoms with E-state index in [4.69, 9.17) is 85.3 Å². The van der Waals surface area contributed by atoms with Crippen molar-refractivity contribution in [1.82, 2.24) is 13.7 Å². The number of carbonyl (C=O) groups excluding carboxylic acids is 13. The van der Waals surface area contributed by atoms with Crippen molar-refractivity contribution in [2.45, 2.75) is 19.6 Å². The lowest BCUT2D eigenvalue weighted by atomic mass is 9.90. The van der Waals surface area contributed by atoms with Crippen LogP contribution >= 0.6 is 0 Å². The van der Waals surface area contributed by atoms with E-state index in [1.165, 1.54) is 0 Å². The number of nitrogens with zero attached hydrogens (tertiary/aromatic N) is 3. The molecule has 108 heavy (non-hydrogen) atoms. The molecule has 0 radical (unpaired) electrons. The summed E-state index contributed by atoms with van der Waals surface area (Å²) in [5.41, 5.74) is -6.84. The Hall–Kier alpha value is -12.1. The van der Waals surface area contributed by atoms with E-state index in [9.17, 15) is 76.7 Å². The fourth-order valence-electron chi connectivity index (χ4n) is 7.27. The summed E-state index contributed by atoms with van der Waals surface area (Å²) >= 11 is 0. The van der Waals surface area contributed by atoms with Crippen molar-refractivity contribution in [3.63, 3.8) is 0 Å². The summed E-state index contributed by atoms with van der Waals surface area (Å²) < 4.78 is 95.3. The second kappa shape index (κ2) is 58.2. The van der Waals surface area contributed by atoms with E-state index in [1.54, 1.807) is 0 Å². The van der Waals surface area contributed by atoms with Crippen LogP contribution in [0.1, 0.15) is 0 Å². The number of carbonyl (C=O) groups is 13. The Morgan fingerprint density at radius 3 is 0.509 bits per heavy atom. The zero-order valence-corrected chi connectivity index (χ0v) is 59.8. The Morgan fingerprint density at radius 2 is 0.343 bits per heavy atom. The summed E-state index contributed by atoms with van der Waals surface area (Å²) in [6, 6.07) is 0. The SMILES string of the molecule is C=CC(=O)OCC(COCC(COC(=O)C=C)(COC(=O)C=C)COC(=O)C=C)(COC(=O)C=C)COC(=O)C=C.C=CC(=O)OCCOCC(COCCOC(=O)C=C)(COCCOC(=O)C=C)COCCOC(=O)C=C.C=CC(=O)OCCn1c(=O)n(CCOC(=O)C=C)c(=O)n(CCOC(=O)C=C)c1=O. The molecule has 1 heterocycles. The Bertz CT molecular complexity index is 3010. The average Bonchev–Trinajstić information content (AvgIpc) is 0.786. The maximum atomic E-state index is 12.6. The second-order valence-electron chi connectivity index (χ2n) is 21.0. The minimum atomic E-state index is -1.49. The number of aromatic nitrogens is 3. The lowest BCUT2D eigenvalue weighted by molar-refractivity contribution is -0.170. The van der Waals surface area contributed by atoms with Crippen molar-refractivity contribution in [3.8, 4) is 0 Å². The molecule has 0 fully saturated rings. The van der Waals surface area contributed by atoms with Crippen molar-refractivity contribution in [2.24, 2.45) is 16.2 Å². The largest absolute Gasteiger partial charge is 0.462 e. The van der Waals surface area contributed by atoms with Crippen LogP contribution in [0.25, 0.3) is 0 Å². The van der Waals surface area contributed by atoms with Crippen molar-refractivity contribution in [3.05, 3.63) is 196 Å². The molecule has 0 amide bonds. The molecule has 0 aliphatic rings. The zero-order valence-electron chi connectivity index (χ0n) is 59.8. The molecule has 37 heteroatoms. The monoisotopic (exact) mass is 1530 g/mol. The maximum absolute atomic E-state index is 12.6. The van der Waals surface area contributed by atoms with E-state index in [0.29, 0.717) is 13.7 Å². The van der Waals surface area contributed by atoms with Crippen LogP contribution in [0.5, 0.6) is 0 Å². The standard InChI is InChI=1S/C28H34O13.C25H36O12.C18H21N3O9/c1-7-21(29)36-15-27(16-37-22(30)8-2,17-38-23(31)9-3)13-35-14-28(18-39-24(32)10-4,19-40-25(33)11-5)20-41-26(34)12-6;1-5-21(26)34-13-9-30-17-25(18-31-10-14-35-22(27)6-2,19-32-11-15-36-23(28)7-3)20-33-12-16-37-24(29)8-4;1-4-13(22)28-10-7-19-16(25)20(8-11-29-14(23)5-2)18(27)21(17(19)26)9-12-30-15(24)6-3/h7-12H,1-6,13-20H2;5-8H,1-4,9-20H2;4-6H,1-3,7-12H2. The van der Waals surface area contributed by atoms with Gasteiger partial charge in [-0.05, 0) is 0 Å². The second-order valence-corrected chi connectivity index (χ2v) is 21.0. The molecule has 37 nitrogen and oxygen atoms in total. The lowest BCUT2D eigenvalue weighted by Crippen LogP contribution is -2.55. The van der Waals surface area contributed by atoms with Crippen molar-refractivity contribution >= 4 is 77.6 Å². The molecule has 0 N–H and O–H groups in total. The molecule has 0 spiro atoms. The minimum absolute atomic E-state index is 0.00395. The molecule has 1 rings (SSSR count). The van der Waals surface area contributed by atoms with Crippen molar-refractivity contribution in [1.29, 1.82) is 0 Å². The average molecular weight is 1530 g/mol. The predicted molar refractivity (Wildman–Crippen MR) is 376 cm³/mol. The topological polar surface area (TPSA) is 454 Å². The normalized spacial score (nSPS) is 10.4. The van der Waals surface area contributed by atoms with Crippen LogP contribution in [0, 0.1) is 16.2 Å². The van der Waals surface area contributed by atoms with Crippen LogP contribution in [0.15, 0.2) is 179 Å². The quantitative estimate of drug-likeness (QED) is 0.0374. The Kier molecular flexibility index (Phi) is 52.8. The van der Waals surface area contributed by atoms with Crippen molar-refractivity contribution in [2.75, 3.05) is 152 Å². The number of esters is 13. The third kappa shape index (κ3) is 43.9. The molecule has 594 valence electrons. The molecular formula is C71H91N3O34. The highest BCUT2D eigenvalue weighted by Crippen LogP contribution is 2.27. The van der Waals surface area contributed by atoms with Gasteiger partial charge >= 0.3 is 94.7 Å². The molecule has 0 aromatic carbocycles. The van der Waals surface area contributed by atoms with Crippen LogP contribution in [0.3, 0.4) is 0 Å². The van der Waals surface area contributed by atoms with Gasteiger partial charge in [-0.25, -0.2) is 90.4 Å². The van der Waals surface area contributed by atoms with Gasteiger partial charge in [0, 0.05) is 79.0 Å². The predicted octanol–water partition coefficient (Wildman–Crippen LogP) is 0.666. The van der Waals surface area contributed by atoms with Crippen molar-refractivity contribution < 1.29 is 148 Å². The number of rotatable bonds is 58. The number of hydrogen-bond donors (Lipinski definition) is 0. The summed E-state index contributed by atoms with van der Waals surface area (Å²) in [7, 11) is 0. The highest BCUT2D eigenvalue weighted by Gasteiger charge is 2.41. The van der Waals surface area contributed by atoms with E-state index < -0.39 is 164 Å². The molecule has 0 atom stereocenters. The summed E-state index contributed by atoms with van der Waals surface area (Å²) in [6.07, 6.45) is 12.2. The highest BCUT2D eigenvalue weighted by molar-refractivity contribution is 5.85. The molecule has 0 saturated heterocycles. The molecule has 0 bridgehead atoms. The van der Waals surface area contributed by atoms with E-state index in [0.717, 1.165) is 79.0 Å². The fraction of sp³-hybridized carbons (Fsp3) is 0.408. The first kappa shape index (κ1) is 98.0. The van der Waals surface area contributed by atoms with Gasteiger partial charge in [0.15, 0.2) is 0 Å². The number of hydrogen-bond acceptors (Lipinski definition) is 34. The Morgan fingerprint density at radius 1 is 0.204 bits per heavy atom. The molecule has 0 aliphatic heterocycles. The zero-order chi connectivity index (χ0) is 81.8. The van der Waals surface area contributed by atoms with Gasteiger partial charge in [0.25, 0.3) is 0 Å². The molecule has 1 aromatic heterocycles. The van der Waals surface area contributed by atoms with Gasteiger partial charge in [0.05, 0.1) is 102 Å². The summed E-state index contributed by atoms with van der Waals surface area (Å²) in [5.74, 6) is -9.62. The van der Waals surface area contributed by atoms with Gasteiger partial charge < -0.3 is 85.3 Å². The van der Waals surface area contributed by atoms with E-state index in [2.05, 4.69) is 85.5 Å². The first-order valence-electron chi connectivity index (χ1n) is 31.7. The van der Waals surface area contributed by atoms with E-state index in [1.807, 2.05) is 0 Å². The lowest BCUT2D eigenvalue weighted by Gasteiger charge is -2.35. The minimum Gasteiger partial charge on any atom is -0.462 e. The summed E-state index contributed by atoms with van der Waals surface area (Å²) in [4.78, 5) is 187.